The van der Waals surface area contributed by atoms with Crippen molar-refractivity contribution in [2.45, 2.75) is 37.8 Å². The van der Waals surface area contributed by atoms with Crippen LogP contribution >= 0.6 is 0 Å². The molecule has 0 aliphatic rings. The molecule has 0 saturated carbocycles. The van der Waals surface area contributed by atoms with E-state index in [4.69, 9.17) is 5.14 Å². The lowest BCUT2D eigenvalue weighted by Gasteiger charge is -2.06. The van der Waals surface area contributed by atoms with Crippen LogP contribution in [0.25, 0.3) is 0 Å². The van der Waals surface area contributed by atoms with Crippen molar-refractivity contribution in [1.29, 1.82) is 0 Å². The number of hydrogen-bond acceptors (Lipinski definition) is 3. The van der Waals surface area contributed by atoms with Gasteiger partial charge in [0.1, 0.15) is 5.82 Å². The molecular weight excluding hydrogens is 274 g/mol. The highest BCUT2D eigenvalue weighted by atomic mass is 32.2. The van der Waals surface area contributed by atoms with Crippen molar-refractivity contribution >= 4 is 10.0 Å². The van der Waals surface area contributed by atoms with Gasteiger partial charge in [-0.05, 0) is 18.4 Å². The molecule has 0 unspecified atom stereocenters. The second kappa shape index (κ2) is 6.19. The van der Waals surface area contributed by atoms with E-state index >= 15 is 0 Å². The molecule has 2 N–H and O–H groups in total. The van der Waals surface area contributed by atoms with Gasteiger partial charge in [0.25, 0.3) is 10.0 Å². The number of primary sulfonamides is 1. The molecule has 108 valence electrons. The summed E-state index contributed by atoms with van der Waals surface area (Å²) in [5.74, 6) is 0.771. The van der Waals surface area contributed by atoms with Gasteiger partial charge in [-0.2, -0.15) is 0 Å². The molecule has 20 heavy (non-hydrogen) atoms. The highest BCUT2D eigenvalue weighted by Gasteiger charge is 2.15. The van der Waals surface area contributed by atoms with Gasteiger partial charge in [-0.1, -0.05) is 37.3 Å². The number of aromatic nitrogens is 2. The quantitative estimate of drug-likeness (QED) is 0.881. The minimum absolute atomic E-state index is 0.0472. The van der Waals surface area contributed by atoms with Crippen molar-refractivity contribution in [3.63, 3.8) is 0 Å². The summed E-state index contributed by atoms with van der Waals surface area (Å²) in [6.45, 7) is 2.73. The Balaban J connectivity index is 2.19. The summed E-state index contributed by atoms with van der Waals surface area (Å²) in [7, 11) is -3.74. The predicted octanol–water partition coefficient (Wildman–Crippen LogP) is 1.73. The molecule has 1 aromatic carbocycles. The van der Waals surface area contributed by atoms with Crippen molar-refractivity contribution in [3.05, 3.63) is 47.9 Å². The molecule has 0 atom stereocenters. The first kappa shape index (κ1) is 14.7. The molecule has 0 amide bonds. The fraction of sp³-hybridized carbons (Fsp3) is 0.357. The Bertz CT molecular complexity index is 663. The number of hydrogen-bond donors (Lipinski definition) is 1. The first-order valence-corrected chi connectivity index (χ1v) is 8.18. The van der Waals surface area contributed by atoms with Gasteiger partial charge >= 0.3 is 0 Å². The normalized spacial score (nSPS) is 11.7. The van der Waals surface area contributed by atoms with Crippen molar-refractivity contribution in [3.8, 4) is 0 Å². The van der Waals surface area contributed by atoms with Crippen LogP contribution in [-0.2, 0) is 29.4 Å². The van der Waals surface area contributed by atoms with Crippen LogP contribution in [0.4, 0.5) is 0 Å². The molecule has 0 saturated heterocycles. The molecule has 0 radical (unpaired) electrons. The van der Waals surface area contributed by atoms with Crippen molar-refractivity contribution in [2.24, 2.45) is 5.14 Å². The van der Waals surface area contributed by atoms with Crippen LogP contribution in [0.2, 0.25) is 0 Å². The lowest BCUT2D eigenvalue weighted by atomic mass is 10.1. The van der Waals surface area contributed by atoms with E-state index in [0.29, 0.717) is 6.54 Å². The standard InChI is InChI=1S/C14H19N3O2S/c1-2-6-13-16-14(20(15,18)19)11-17(13)10-9-12-7-4-3-5-8-12/h3-5,7-8,11H,2,6,9-10H2,1H3,(H2,15,18,19). The molecule has 5 nitrogen and oxygen atoms in total. The van der Waals surface area contributed by atoms with E-state index in [1.165, 1.54) is 11.8 Å². The number of aryl methyl sites for hydroxylation is 3. The Labute approximate surface area is 119 Å². The van der Waals surface area contributed by atoms with E-state index in [0.717, 1.165) is 25.1 Å². The van der Waals surface area contributed by atoms with Crippen molar-refractivity contribution < 1.29 is 8.42 Å². The Morgan fingerprint density at radius 2 is 1.90 bits per heavy atom. The third-order valence-electron chi connectivity index (χ3n) is 3.09. The summed E-state index contributed by atoms with van der Waals surface area (Å²) >= 11 is 0. The van der Waals surface area contributed by atoms with Crippen LogP contribution < -0.4 is 5.14 Å². The molecule has 1 heterocycles. The summed E-state index contributed by atoms with van der Waals surface area (Å²) in [5, 5.41) is 5.09. The van der Waals surface area contributed by atoms with Gasteiger partial charge in [-0.3, -0.25) is 0 Å². The van der Waals surface area contributed by atoms with E-state index in [1.807, 2.05) is 29.7 Å². The zero-order chi connectivity index (χ0) is 14.6. The fourth-order valence-electron chi connectivity index (χ4n) is 2.08. The molecule has 0 aliphatic carbocycles. The van der Waals surface area contributed by atoms with Crippen LogP contribution in [0.1, 0.15) is 24.7 Å². The van der Waals surface area contributed by atoms with Crippen LogP contribution in [0.15, 0.2) is 41.6 Å². The van der Waals surface area contributed by atoms with Crippen LogP contribution in [0.3, 0.4) is 0 Å². The van der Waals surface area contributed by atoms with E-state index in [2.05, 4.69) is 17.1 Å². The molecule has 6 heteroatoms. The fourth-order valence-corrected chi connectivity index (χ4v) is 2.58. The van der Waals surface area contributed by atoms with Gasteiger partial charge in [0, 0.05) is 19.2 Å². The smallest absolute Gasteiger partial charge is 0.257 e. The maximum atomic E-state index is 11.4. The number of rotatable bonds is 6. The lowest BCUT2D eigenvalue weighted by molar-refractivity contribution is 0.594. The number of nitrogens with two attached hydrogens (primary N) is 1. The van der Waals surface area contributed by atoms with Crippen LogP contribution in [-0.4, -0.2) is 18.0 Å². The van der Waals surface area contributed by atoms with Gasteiger partial charge in [-0.15, -0.1) is 0 Å². The minimum Gasteiger partial charge on any atom is -0.333 e. The predicted molar refractivity (Wildman–Crippen MR) is 77.7 cm³/mol. The van der Waals surface area contributed by atoms with E-state index in [9.17, 15) is 8.42 Å². The Hall–Kier alpha value is -1.66. The van der Waals surface area contributed by atoms with Crippen molar-refractivity contribution in [1.82, 2.24) is 9.55 Å². The van der Waals surface area contributed by atoms with Gasteiger partial charge in [0.2, 0.25) is 0 Å². The zero-order valence-electron chi connectivity index (χ0n) is 11.5. The SMILES string of the molecule is CCCc1nc(S(N)(=O)=O)cn1CCc1ccccc1. The number of nitrogens with zero attached hydrogens (tertiary/aromatic N) is 2. The van der Waals surface area contributed by atoms with Crippen LogP contribution in [0.5, 0.6) is 0 Å². The van der Waals surface area contributed by atoms with E-state index in [1.54, 1.807) is 0 Å². The van der Waals surface area contributed by atoms with Gasteiger partial charge < -0.3 is 4.57 Å². The Morgan fingerprint density at radius 1 is 1.20 bits per heavy atom. The highest BCUT2D eigenvalue weighted by Crippen LogP contribution is 2.11. The number of sulfonamides is 1. The molecule has 0 bridgehead atoms. The summed E-state index contributed by atoms with van der Waals surface area (Å²) in [6, 6.07) is 10.1. The highest BCUT2D eigenvalue weighted by molar-refractivity contribution is 7.89. The monoisotopic (exact) mass is 293 g/mol. The average molecular weight is 293 g/mol. The molecule has 0 aliphatic heterocycles. The molecule has 2 aromatic rings. The first-order chi connectivity index (χ1) is 9.50. The third kappa shape index (κ3) is 3.68. The Morgan fingerprint density at radius 3 is 2.50 bits per heavy atom. The second-order valence-corrected chi connectivity index (χ2v) is 6.23. The van der Waals surface area contributed by atoms with Crippen molar-refractivity contribution in [2.75, 3.05) is 0 Å². The maximum absolute atomic E-state index is 11.4. The second-order valence-electron chi connectivity index (χ2n) is 4.72. The van der Waals surface area contributed by atoms with E-state index < -0.39 is 10.0 Å². The first-order valence-electron chi connectivity index (χ1n) is 6.63. The molecule has 0 spiro atoms. The summed E-state index contributed by atoms with van der Waals surface area (Å²) in [5.41, 5.74) is 1.21. The third-order valence-corrected chi connectivity index (χ3v) is 3.87. The average Bonchev–Trinajstić information content (AvgIpc) is 2.81. The number of benzene rings is 1. The zero-order valence-corrected chi connectivity index (χ0v) is 12.3. The molecular formula is C14H19N3O2S. The maximum Gasteiger partial charge on any atom is 0.257 e. The number of imidazole rings is 1. The molecule has 1 aromatic heterocycles. The summed E-state index contributed by atoms with van der Waals surface area (Å²) in [4.78, 5) is 4.13. The molecule has 0 fully saturated rings. The van der Waals surface area contributed by atoms with Crippen LogP contribution in [0, 0.1) is 0 Å². The van der Waals surface area contributed by atoms with Gasteiger partial charge in [0.15, 0.2) is 5.03 Å². The lowest BCUT2D eigenvalue weighted by Crippen LogP contribution is -2.12. The minimum atomic E-state index is -3.74. The van der Waals surface area contributed by atoms with Gasteiger partial charge in [-0.25, -0.2) is 18.5 Å². The van der Waals surface area contributed by atoms with Gasteiger partial charge in [0.05, 0.1) is 0 Å². The van der Waals surface area contributed by atoms with E-state index in [-0.39, 0.29) is 5.03 Å². The summed E-state index contributed by atoms with van der Waals surface area (Å²) < 4.78 is 24.6. The molecule has 2 rings (SSSR count). The Kier molecular flexibility index (Phi) is 4.57. The largest absolute Gasteiger partial charge is 0.333 e. The topological polar surface area (TPSA) is 78.0 Å². The summed E-state index contributed by atoms with van der Waals surface area (Å²) in [6.07, 6.45) is 4.01.